The van der Waals surface area contributed by atoms with Crippen LogP contribution in [0.5, 0.6) is 0 Å². The van der Waals surface area contributed by atoms with Crippen LogP contribution < -0.4 is 51.4 Å². The number of carboxylic acids is 1. The molecule has 1 rings (SSSR count). The maximum Gasteiger partial charge on any atom is 1.00 e. The van der Waals surface area contributed by atoms with Gasteiger partial charge in [0.25, 0.3) is 0 Å². The summed E-state index contributed by atoms with van der Waals surface area (Å²) in [6.07, 6.45) is 2.56. The topological polar surface area (TPSA) is 37.3 Å². The van der Waals surface area contributed by atoms with Gasteiger partial charge in [-0.05, 0) is 6.92 Å². The maximum absolute atomic E-state index is 9.51. The molecule has 16 heavy (non-hydrogen) atoms. The van der Waals surface area contributed by atoms with Crippen molar-refractivity contribution >= 4 is 5.97 Å². The second-order valence-electron chi connectivity index (χ2n) is 1.99. The van der Waals surface area contributed by atoms with Gasteiger partial charge < -0.3 is 12.5 Å². The molecule has 1 aromatic carbocycles. The van der Waals surface area contributed by atoms with Gasteiger partial charge in [0.05, 0.1) is 0 Å². The van der Waals surface area contributed by atoms with E-state index in [2.05, 4.69) is 0 Å². The summed E-state index contributed by atoms with van der Waals surface area (Å²) in [5.41, 5.74) is 0. The van der Waals surface area contributed by atoms with Gasteiger partial charge in [-0.2, -0.15) is 0 Å². The molecule has 0 saturated heterocycles. The number of hydrogen-bond donors (Lipinski definition) is 1. The van der Waals surface area contributed by atoms with Crippen LogP contribution in [0.15, 0.2) is 48.6 Å². The van der Waals surface area contributed by atoms with Crippen molar-refractivity contribution in [2.75, 3.05) is 0 Å². The van der Waals surface area contributed by atoms with Crippen molar-refractivity contribution in [3.8, 4) is 0 Å². The first-order valence-electron chi connectivity index (χ1n) is 4.63. The Morgan fingerprint density at radius 2 is 1.25 bits per heavy atom. The Labute approximate surface area is 142 Å². The van der Waals surface area contributed by atoms with Crippen LogP contribution in [0.25, 0.3) is 0 Å². The van der Waals surface area contributed by atoms with Crippen molar-refractivity contribution in [3.63, 3.8) is 0 Å². The first kappa shape index (κ1) is 25.0. The van der Waals surface area contributed by atoms with Crippen LogP contribution in [-0.4, -0.2) is 11.1 Å². The van der Waals surface area contributed by atoms with E-state index in [1.54, 1.807) is 6.92 Å². The summed E-state index contributed by atoms with van der Waals surface area (Å²) in [5, 5.41) is 7.83. The van der Waals surface area contributed by atoms with E-state index in [4.69, 9.17) is 5.11 Å². The van der Waals surface area contributed by atoms with Crippen LogP contribution in [0.3, 0.4) is 0 Å². The van der Waals surface area contributed by atoms with Gasteiger partial charge in [-0.15, -0.1) is 0 Å². The third-order valence-corrected chi connectivity index (χ3v) is 0.976. The van der Waals surface area contributed by atoms with Crippen LogP contribution in [-0.2, 0) is 4.79 Å². The molecule has 1 aromatic rings. The third kappa shape index (κ3) is 29.2. The van der Waals surface area contributed by atoms with E-state index in [1.807, 2.05) is 50.2 Å². The van der Waals surface area contributed by atoms with Crippen LogP contribution in [0.2, 0.25) is 0 Å². The molecule has 0 aliphatic carbocycles. The number of carbonyl (C=O) groups is 1. The molecule has 0 spiro atoms. The molecule has 0 heterocycles. The van der Waals surface area contributed by atoms with E-state index >= 15 is 0 Å². The zero-order chi connectivity index (χ0) is 11.2. The third-order valence-electron chi connectivity index (χ3n) is 0.976. The average Bonchev–Trinajstić information content (AvgIpc) is 2.24. The second-order valence-corrected chi connectivity index (χ2v) is 1.99. The molecule has 0 atom stereocenters. The summed E-state index contributed by atoms with van der Waals surface area (Å²) in [5.74, 6) is -0.891. The van der Waals surface area contributed by atoms with Gasteiger partial charge in [0, 0.05) is 6.08 Å². The van der Waals surface area contributed by atoms with Crippen molar-refractivity contribution in [2.24, 2.45) is 0 Å². The van der Waals surface area contributed by atoms with E-state index in [0.29, 0.717) is 0 Å². The number of hydrogen-bond acceptors (Lipinski definition) is 1. The summed E-state index contributed by atoms with van der Waals surface area (Å²) in [4.78, 5) is 9.51. The van der Waals surface area contributed by atoms with Crippen molar-refractivity contribution < 1.29 is 61.3 Å². The predicted molar refractivity (Wildman–Crippen MR) is 66.7 cm³/mol. The molecule has 0 fully saturated rings. The van der Waals surface area contributed by atoms with Crippen LogP contribution >= 0.6 is 0 Å². The van der Waals surface area contributed by atoms with Gasteiger partial charge in [-0.3, -0.25) is 0 Å². The molecule has 3 heteroatoms. The smallest absolute Gasteiger partial charge is 0.478 e. The fraction of sp³-hybridized carbons (Fsp3) is 0.231. The first-order chi connectivity index (χ1) is 6.77. The zero-order valence-electron chi connectivity index (χ0n) is 11.0. The van der Waals surface area contributed by atoms with Crippen molar-refractivity contribution in [2.45, 2.75) is 20.8 Å². The van der Waals surface area contributed by atoms with Crippen molar-refractivity contribution in [1.29, 1.82) is 0 Å². The quantitative estimate of drug-likeness (QED) is 0.454. The number of rotatable bonds is 1. The molecule has 0 bridgehead atoms. The van der Waals surface area contributed by atoms with Gasteiger partial charge in [0.2, 0.25) is 0 Å². The summed E-state index contributed by atoms with van der Waals surface area (Å²) >= 11 is 0. The van der Waals surface area contributed by atoms with E-state index < -0.39 is 5.97 Å². The second kappa shape index (κ2) is 24.3. The van der Waals surface area contributed by atoms with E-state index in [0.717, 1.165) is 6.08 Å². The SMILES string of the molecule is CC.CC=CC(=O)O.[CH3-].[K+].c1ccccc1. The minimum Gasteiger partial charge on any atom is -0.478 e. The van der Waals surface area contributed by atoms with Gasteiger partial charge in [-0.1, -0.05) is 56.3 Å². The molecular formula is C13H21KO2. The van der Waals surface area contributed by atoms with E-state index in [9.17, 15) is 4.79 Å². The molecule has 0 aliphatic rings. The fourth-order valence-electron chi connectivity index (χ4n) is 0.527. The van der Waals surface area contributed by atoms with Gasteiger partial charge in [0.1, 0.15) is 0 Å². The molecule has 0 saturated carbocycles. The molecule has 0 aliphatic heterocycles. The number of benzene rings is 1. The van der Waals surface area contributed by atoms with Crippen molar-refractivity contribution in [1.82, 2.24) is 0 Å². The predicted octanol–water partition coefficient (Wildman–Crippen LogP) is 0.814. The Hall–Kier alpha value is 0.0664. The number of allylic oxidation sites excluding steroid dienone is 1. The average molecular weight is 248 g/mol. The Kier molecular flexibility index (Phi) is 38.1. The van der Waals surface area contributed by atoms with Gasteiger partial charge in [0.15, 0.2) is 0 Å². The summed E-state index contributed by atoms with van der Waals surface area (Å²) in [6.45, 7) is 5.66. The summed E-state index contributed by atoms with van der Waals surface area (Å²) < 4.78 is 0. The van der Waals surface area contributed by atoms with Gasteiger partial charge in [-0.25, -0.2) is 4.79 Å². The minimum atomic E-state index is -0.891. The normalized spacial score (nSPS) is 6.94. The van der Waals surface area contributed by atoms with E-state index in [1.165, 1.54) is 6.08 Å². The molecule has 0 radical (unpaired) electrons. The molecule has 1 N–H and O–H groups in total. The zero-order valence-corrected chi connectivity index (χ0v) is 14.1. The Morgan fingerprint density at radius 3 is 1.31 bits per heavy atom. The van der Waals surface area contributed by atoms with Crippen LogP contribution in [0.1, 0.15) is 20.8 Å². The molecule has 86 valence electrons. The van der Waals surface area contributed by atoms with E-state index in [-0.39, 0.29) is 58.8 Å². The Balaban J connectivity index is -0.0000000703. The van der Waals surface area contributed by atoms with Crippen LogP contribution in [0, 0.1) is 7.43 Å². The first-order valence-corrected chi connectivity index (χ1v) is 4.63. The summed E-state index contributed by atoms with van der Waals surface area (Å²) in [6, 6.07) is 12.0. The molecule has 0 unspecified atom stereocenters. The Morgan fingerprint density at radius 1 is 1.00 bits per heavy atom. The number of carboxylic acid groups (broad SMARTS) is 1. The Bertz CT molecular complexity index is 206. The number of aliphatic carboxylic acids is 1. The van der Waals surface area contributed by atoms with Crippen LogP contribution in [0.4, 0.5) is 0 Å². The molecular weight excluding hydrogens is 227 g/mol. The monoisotopic (exact) mass is 248 g/mol. The van der Waals surface area contributed by atoms with Gasteiger partial charge >= 0.3 is 57.4 Å². The maximum atomic E-state index is 9.51. The standard InChI is InChI=1S/C6H6.C4H6O2.C2H6.CH3.K/c1-2-4-6-5-3-1;1-2-3-4(5)6;1-2;;/h1-6H;2-3H,1H3,(H,5,6);1-2H3;1H3;/q;;;-1;+1. The minimum absolute atomic E-state index is 0. The molecule has 2 nitrogen and oxygen atoms in total. The molecule has 0 amide bonds. The van der Waals surface area contributed by atoms with Crippen molar-refractivity contribution in [3.05, 3.63) is 56.0 Å². The molecule has 0 aromatic heterocycles. The summed E-state index contributed by atoms with van der Waals surface area (Å²) in [7, 11) is 0. The fourth-order valence-corrected chi connectivity index (χ4v) is 0.527. The largest absolute Gasteiger partial charge is 1.00 e.